The standard InChI is InChI=1S/C11H19N3O3/c1-17-11(16)13-9-2-3-14(7-9)10(15)4-8-5-12-6-8/h8-9,12H,2-7H2,1H3,(H,13,16). The summed E-state index contributed by atoms with van der Waals surface area (Å²) in [7, 11) is 1.34. The Morgan fingerprint density at radius 1 is 1.47 bits per heavy atom. The highest BCUT2D eigenvalue weighted by atomic mass is 16.5. The molecule has 96 valence electrons. The van der Waals surface area contributed by atoms with Gasteiger partial charge in [0.05, 0.1) is 13.2 Å². The van der Waals surface area contributed by atoms with Gasteiger partial charge in [0, 0.05) is 19.5 Å². The maximum atomic E-state index is 11.9. The van der Waals surface area contributed by atoms with E-state index in [1.807, 2.05) is 4.90 Å². The monoisotopic (exact) mass is 241 g/mol. The van der Waals surface area contributed by atoms with Crippen LogP contribution in [0, 0.1) is 5.92 Å². The lowest BCUT2D eigenvalue weighted by atomic mass is 9.99. The van der Waals surface area contributed by atoms with E-state index in [0.717, 1.165) is 26.1 Å². The first-order chi connectivity index (χ1) is 8.19. The Hall–Kier alpha value is -1.30. The van der Waals surface area contributed by atoms with Gasteiger partial charge >= 0.3 is 6.09 Å². The third kappa shape index (κ3) is 3.09. The van der Waals surface area contributed by atoms with Crippen molar-refractivity contribution < 1.29 is 14.3 Å². The second-order valence-electron chi connectivity index (χ2n) is 4.69. The van der Waals surface area contributed by atoms with Crippen molar-refractivity contribution in [3.8, 4) is 0 Å². The van der Waals surface area contributed by atoms with Crippen molar-refractivity contribution in [3.63, 3.8) is 0 Å². The minimum atomic E-state index is -0.424. The Morgan fingerprint density at radius 2 is 2.24 bits per heavy atom. The van der Waals surface area contributed by atoms with Gasteiger partial charge in [-0.05, 0) is 25.4 Å². The molecule has 6 heteroatoms. The number of nitrogens with one attached hydrogen (secondary N) is 2. The fourth-order valence-corrected chi connectivity index (χ4v) is 2.20. The van der Waals surface area contributed by atoms with Crippen LogP contribution < -0.4 is 10.6 Å². The lowest BCUT2D eigenvalue weighted by Crippen LogP contribution is -2.45. The number of alkyl carbamates (subject to hydrolysis) is 1. The average molecular weight is 241 g/mol. The molecular weight excluding hydrogens is 222 g/mol. The zero-order chi connectivity index (χ0) is 12.3. The zero-order valence-corrected chi connectivity index (χ0v) is 10.1. The molecule has 2 fully saturated rings. The summed E-state index contributed by atoms with van der Waals surface area (Å²) in [5, 5.41) is 5.88. The Morgan fingerprint density at radius 3 is 2.82 bits per heavy atom. The maximum Gasteiger partial charge on any atom is 0.407 e. The van der Waals surface area contributed by atoms with E-state index in [4.69, 9.17) is 0 Å². The molecule has 1 unspecified atom stereocenters. The third-order valence-corrected chi connectivity index (χ3v) is 3.38. The first-order valence-corrected chi connectivity index (χ1v) is 6.02. The van der Waals surface area contributed by atoms with Gasteiger partial charge in [0.1, 0.15) is 0 Å². The number of nitrogens with zero attached hydrogens (tertiary/aromatic N) is 1. The van der Waals surface area contributed by atoms with Crippen LogP contribution in [0.2, 0.25) is 0 Å². The summed E-state index contributed by atoms with van der Waals surface area (Å²) < 4.78 is 4.54. The van der Waals surface area contributed by atoms with Crippen molar-refractivity contribution in [1.82, 2.24) is 15.5 Å². The topological polar surface area (TPSA) is 70.7 Å². The summed E-state index contributed by atoms with van der Waals surface area (Å²) in [5.74, 6) is 0.695. The third-order valence-electron chi connectivity index (χ3n) is 3.38. The number of likely N-dealkylation sites (tertiary alicyclic amines) is 1. The lowest BCUT2D eigenvalue weighted by Gasteiger charge is -2.28. The van der Waals surface area contributed by atoms with E-state index >= 15 is 0 Å². The molecule has 6 nitrogen and oxygen atoms in total. The van der Waals surface area contributed by atoms with E-state index in [2.05, 4.69) is 15.4 Å². The molecule has 2 aliphatic heterocycles. The van der Waals surface area contributed by atoms with Crippen LogP contribution in [0.25, 0.3) is 0 Å². The van der Waals surface area contributed by atoms with Crippen molar-refractivity contribution in [2.45, 2.75) is 18.9 Å². The highest BCUT2D eigenvalue weighted by molar-refractivity contribution is 5.77. The number of carbonyl (C=O) groups is 2. The minimum absolute atomic E-state index is 0.0333. The summed E-state index contributed by atoms with van der Waals surface area (Å²) >= 11 is 0. The second-order valence-corrected chi connectivity index (χ2v) is 4.69. The van der Waals surface area contributed by atoms with Crippen LogP contribution in [0.1, 0.15) is 12.8 Å². The van der Waals surface area contributed by atoms with Crippen LogP contribution in [-0.4, -0.2) is 56.2 Å². The first-order valence-electron chi connectivity index (χ1n) is 6.02. The van der Waals surface area contributed by atoms with Crippen LogP contribution >= 0.6 is 0 Å². The summed E-state index contributed by atoms with van der Waals surface area (Å²) in [4.78, 5) is 24.8. The number of hydrogen-bond donors (Lipinski definition) is 2. The van der Waals surface area contributed by atoms with Crippen molar-refractivity contribution in [3.05, 3.63) is 0 Å². The number of hydrogen-bond acceptors (Lipinski definition) is 4. The van der Waals surface area contributed by atoms with Crippen molar-refractivity contribution in [2.24, 2.45) is 5.92 Å². The lowest BCUT2D eigenvalue weighted by molar-refractivity contribution is -0.131. The molecule has 0 bridgehead atoms. The van der Waals surface area contributed by atoms with Crippen molar-refractivity contribution in [1.29, 1.82) is 0 Å². The molecule has 2 amide bonds. The summed E-state index contributed by atoms with van der Waals surface area (Å²) in [6.45, 7) is 3.23. The predicted octanol–water partition coefficient (Wildman–Crippen LogP) is -0.447. The average Bonchev–Trinajstić information content (AvgIpc) is 2.71. The Kier molecular flexibility index (Phi) is 3.83. The van der Waals surface area contributed by atoms with E-state index in [1.54, 1.807) is 0 Å². The van der Waals surface area contributed by atoms with E-state index in [-0.39, 0.29) is 11.9 Å². The molecule has 17 heavy (non-hydrogen) atoms. The smallest absolute Gasteiger partial charge is 0.407 e. The molecule has 0 aromatic heterocycles. The van der Waals surface area contributed by atoms with Gasteiger partial charge < -0.3 is 20.3 Å². The van der Waals surface area contributed by atoms with Gasteiger partial charge in [-0.15, -0.1) is 0 Å². The van der Waals surface area contributed by atoms with E-state index in [1.165, 1.54) is 7.11 Å². The predicted molar refractivity (Wildman–Crippen MR) is 61.5 cm³/mol. The van der Waals surface area contributed by atoms with E-state index < -0.39 is 6.09 Å². The number of ether oxygens (including phenoxy) is 1. The van der Waals surface area contributed by atoms with Crippen LogP contribution in [0.3, 0.4) is 0 Å². The number of rotatable bonds is 3. The Balaban J connectivity index is 1.72. The van der Waals surface area contributed by atoms with Gasteiger partial charge in [0.25, 0.3) is 0 Å². The van der Waals surface area contributed by atoms with Gasteiger partial charge in [0.2, 0.25) is 5.91 Å². The first kappa shape index (κ1) is 12.2. The molecule has 1 atom stereocenters. The second kappa shape index (κ2) is 5.35. The minimum Gasteiger partial charge on any atom is -0.453 e. The molecule has 2 N–H and O–H groups in total. The number of methoxy groups -OCH3 is 1. The molecule has 0 saturated carbocycles. The number of carbonyl (C=O) groups excluding carboxylic acids is 2. The Bertz CT molecular complexity index is 304. The maximum absolute atomic E-state index is 11.9. The highest BCUT2D eigenvalue weighted by Gasteiger charge is 2.29. The fraction of sp³-hybridized carbons (Fsp3) is 0.818. The SMILES string of the molecule is COC(=O)NC1CCN(C(=O)CC2CNC2)C1. The fourth-order valence-electron chi connectivity index (χ4n) is 2.20. The Labute approximate surface area is 101 Å². The summed E-state index contributed by atoms with van der Waals surface area (Å²) in [6.07, 6.45) is 1.01. The van der Waals surface area contributed by atoms with Gasteiger partial charge in [-0.3, -0.25) is 4.79 Å². The molecule has 2 saturated heterocycles. The van der Waals surface area contributed by atoms with Crippen molar-refractivity contribution >= 4 is 12.0 Å². The quantitative estimate of drug-likeness (QED) is 0.702. The number of amides is 2. The van der Waals surface area contributed by atoms with Crippen LogP contribution in [0.15, 0.2) is 0 Å². The van der Waals surface area contributed by atoms with Gasteiger partial charge in [-0.2, -0.15) is 0 Å². The molecule has 0 aromatic carbocycles. The van der Waals surface area contributed by atoms with Gasteiger partial charge in [-0.1, -0.05) is 0 Å². The van der Waals surface area contributed by atoms with Gasteiger partial charge in [-0.25, -0.2) is 4.79 Å². The normalized spacial score (nSPS) is 24.3. The van der Waals surface area contributed by atoms with Crippen molar-refractivity contribution in [2.75, 3.05) is 33.3 Å². The zero-order valence-electron chi connectivity index (χ0n) is 10.1. The molecular formula is C11H19N3O3. The largest absolute Gasteiger partial charge is 0.453 e. The molecule has 0 aromatic rings. The van der Waals surface area contributed by atoms with Crippen LogP contribution in [0.5, 0.6) is 0 Å². The molecule has 0 spiro atoms. The van der Waals surface area contributed by atoms with E-state index in [9.17, 15) is 9.59 Å². The molecule has 2 aliphatic rings. The highest BCUT2D eigenvalue weighted by Crippen LogP contribution is 2.15. The summed E-state index contributed by atoms with van der Waals surface area (Å²) in [5.41, 5.74) is 0. The molecule has 2 heterocycles. The molecule has 2 rings (SSSR count). The summed E-state index contributed by atoms with van der Waals surface area (Å²) in [6, 6.07) is 0.0333. The molecule has 0 radical (unpaired) electrons. The van der Waals surface area contributed by atoms with Crippen LogP contribution in [-0.2, 0) is 9.53 Å². The van der Waals surface area contributed by atoms with E-state index in [0.29, 0.717) is 18.9 Å². The molecule has 0 aliphatic carbocycles. The van der Waals surface area contributed by atoms with Crippen LogP contribution in [0.4, 0.5) is 4.79 Å². The van der Waals surface area contributed by atoms with Gasteiger partial charge in [0.15, 0.2) is 0 Å².